The summed E-state index contributed by atoms with van der Waals surface area (Å²) in [6.07, 6.45) is 9.04. The second-order valence-corrected chi connectivity index (χ2v) is 7.49. The normalized spacial score (nSPS) is 47.4. The SMILES string of the molecule is O=C(NC1CCNC1)NC12CC3CC(CC(C3)C1)C2. The molecule has 0 aromatic carbocycles. The minimum absolute atomic E-state index is 0.0793. The molecule has 5 rings (SSSR count). The van der Waals surface area contributed by atoms with Crippen molar-refractivity contribution in [1.29, 1.82) is 0 Å². The Hall–Kier alpha value is -0.770. The molecule has 0 aromatic rings. The number of amides is 2. The molecular formula is C15H25N3O. The molecule has 19 heavy (non-hydrogen) atoms. The molecule has 4 saturated carbocycles. The molecule has 1 heterocycles. The summed E-state index contributed by atoms with van der Waals surface area (Å²) in [5, 5.41) is 9.81. The Morgan fingerprint density at radius 2 is 1.68 bits per heavy atom. The first-order chi connectivity index (χ1) is 9.21. The maximum absolute atomic E-state index is 12.2. The first kappa shape index (κ1) is 12.0. The predicted octanol–water partition coefficient (Wildman–Crippen LogP) is 1.62. The zero-order chi connectivity index (χ0) is 12.9. The van der Waals surface area contributed by atoms with Gasteiger partial charge in [-0.05, 0) is 69.2 Å². The van der Waals surface area contributed by atoms with Gasteiger partial charge in [-0.3, -0.25) is 0 Å². The van der Waals surface area contributed by atoms with Crippen LogP contribution in [0.15, 0.2) is 0 Å². The quantitative estimate of drug-likeness (QED) is 0.709. The molecule has 5 fully saturated rings. The van der Waals surface area contributed by atoms with E-state index in [1.165, 1.54) is 38.5 Å². The Morgan fingerprint density at radius 3 is 2.21 bits per heavy atom. The number of nitrogens with one attached hydrogen (secondary N) is 3. The summed E-state index contributed by atoms with van der Waals surface area (Å²) in [7, 11) is 0. The molecule has 0 aromatic heterocycles. The third-order valence-electron chi connectivity index (χ3n) is 5.81. The summed E-state index contributed by atoms with van der Waals surface area (Å²) >= 11 is 0. The Balaban J connectivity index is 1.40. The maximum Gasteiger partial charge on any atom is 0.315 e. The van der Waals surface area contributed by atoms with Crippen LogP contribution in [-0.2, 0) is 0 Å². The van der Waals surface area contributed by atoms with E-state index in [1.54, 1.807) is 0 Å². The first-order valence-corrected chi connectivity index (χ1v) is 8.00. The van der Waals surface area contributed by atoms with Gasteiger partial charge in [0.1, 0.15) is 0 Å². The van der Waals surface area contributed by atoms with Gasteiger partial charge in [-0.15, -0.1) is 0 Å². The summed E-state index contributed by atoms with van der Waals surface area (Å²) in [5.74, 6) is 2.67. The van der Waals surface area contributed by atoms with E-state index in [4.69, 9.17) is 0 Å². The molecule has 0 radical (unpaired) electrons. The first-order valence-electron chi connectivity index (χ1n) is 8.00. The lowest BCUT2D eigenvalue weighted by molar-refractivity contribution is -0.0136. The second kappa shape index (κ2) is 4.37. The van der Waals surface area contributed by atoms with Gasteiger partial charge in [0.2, 0.25) is 0 Å². The number of hydrogen-bond acceptors (Lipinski definition) is 2. The van der Waals surface area contributed by atoms with E-state index in [0.29, 0.717) is 6.04 Å². The highest BCUT2D eigenvalue weighted by atomic mass is 16.2. The van der Waals surface area contributed by atoms with Crippen molar-refractivity contribution in [2.24, 2.45) is 17.8 Å². The molecule has 0 spiro atoms. The summed E-state index contributed by atoms with van der Waals surface area (Å²) in [5.41, 5.74) is 0.144. The van der Waals surface area contributed by atoms with Crippen LogP contribution in [0.25, 0.3) is 0 Å². The van der Waals surface area contributed by atoms with Gasteiger partial charge in [0.15, 0.2) is 0 Å². The molecule has 5 aliphatic rings. The standard InChI is InChI=1S/C15H25N3O/c19-14(17-13-1-2-16-9-13)18-15-6-10-3-11(7-15)5-12(4-10)8-15/h10-13,16H,1-9H2,(H2,17,18,19). The molecule has 4 heteroatoms. The van der Waals surface area contributed by atoms with Gasteiger partial charge in [-0.2, -0.15) is 0 Å². The van der Waals surface area contributed by atoms with E-state index in [0.717, 1.165) is 37.3 Å². The fraction of sp³-hybridized carbons (Fsp3) is 0.933. The van der Waals surface area contributed by atoms with E-state index in [-0.39, 0.29) is 11.6 Å². The number of hydrogen-bond donors (Lipinski definition) is 3. The molecular weight excluding hydrogens is 238 g/mol. The molecule has 1 unspecified atom stereocenters. The van der Waals surface area contributed by atoms with Gasteiger partial charge < -0.3 is 16.0 Å². The van der Waals surface area contributed by atoms with Crippen molar-refractivity contribution in [3.8, 4) is 0 Å². The zero-order valence-electron chi connectivity index (χ0n) is 11.6. The van der Waals surface area contributed by atoms with Gasteiger partial charge >= 0.3 is 6.03 Å². The molecule has 4 nitrogen and oxygen atoms in total. The van der Waals surface area contributed by atoms with Gasteiger partial charge in [-0.25, -0.2) is 4.79 Å². The zero-order valence-corrected chi connectivity index (χ0v) is 11.6. The highest BCUT2D eigenvalue weighted by Crippen LogP contribution is 2.55. The van der Waals surface area contributed by atoms with Crippen LogP contribution in [0.2, 0.25) is 0 Å². The lowest BCUT2D eigenvalue weighted by Gasteiger charge is -2.56. The average Bonchev–Trinajstić information content (AvgIpc) is 2.78. The molecule has 1 saturated heterocycles. The minimum Gasteiger partial charge on any atom is -0.334 e. The van der Waals surface area contributed by atoms with Crippen LogP contribution < -0.4 is 16.0 Å². The molecule has 106 valence electrons. The minimum atomic E-state index is 0.0793. The highest BCUT2D eigenvalue weighted by Gasteiger charge is 2.51. The van der Waals surface area contributed by atoms with E-state index in [9.17, 15) is 4.79 Å². The molecule has 4 bridgehead atoms. The Labute approximate surface area is 115 Å². The highest BCUT2D eigenvalue weighted by molar-refractivity contribution is 5.75. The van der Waals surface area contributed by atoms with Gasteiger partial charge in [0.05, 0.1) is 0 Å². The summed E-state index contributed by atoms with van der Waals surface area (Å²) in [6.45, 7) is 1.95. The number of carbonyl (C=O) groups excluding carboxylic acids is 1. The summed E-state index contributed by atoms with van der Waals surface area (Å²) < 4.78 is 0. The Kier molecular flexibility index (Phi) is 2.76. The van der Waals surface area contributed by atoms with Crippen molar-refractivity contribution < 1.29 is 4.79 Å². The monoisotopic (exact) mass is 263 g/mol. The number of rotatable bonds is 2. The maximum atomic E-state index is 12.2. The van der Waals surface area contributed by atoms with Crippen LogP contribution in [0, 0.1) is 17.8 Å². The topological polar surface area (TPSA) is 53.2 Å². The van der Waals surface area contributed by atoms with Crippen molar-refractivity contribution in [3.63, 3.8) is 0 Å². The van der Waals surface area contributed by atoms with Crippen molar-refractivity contribution in [3.05, 3.63) is 0 Å². The summed E-state index contributed by atoms with van der Waals surface area (Å²) in [6, 6.07) is 0.407. The van der Waals surface area contributed by atoms with Gasteiger partial charge in [0.25, 0.3) is 0 Å². The van der Waals surface area contributed by atoms with E-state index < -0.39 is 0 Å². The van der Waals surface area contributed by atoms with E-state index >= 15 is 0 Å². The second-order valence-electron chi connectivity index (χ2n) is 7.49. The number of urea groups is 1. The molecule has 2 amide bonds. The van der Waals surface area contributed by atoms with E-state index in [1.807, 2.05) is 0 Å². The van der Waals surface area contributed by atoms with Gasteiger partial charge in [0, 0.05) is 18.1 Å². The predicted molar refractivity (Wildman–Crippen MR) is 73.8 cm³/mol. The third kappa shape index (κ3) is 2.24. The molecule has 1 aliphatic heterocycles. The Morgan fingerprint density at radius 1 is 1.05 bits per heavy atom. The lowest BCUT2D eigenvalue weighted by atomic mass is 9.53. The fourth-order valence-corrected chi connectivity index (χ4v) is 5.50. The largest absolute Gasteiger partial charge is 0.334 e. The molecule has 1 atom stereocenters. The third-order valence-corrected chi connectivity index (χ3v) is 5.81. The Bertz CT molecular complexity index is 340. The average molecular weight is 263 g/mol. The van der Waals surface area contributed by atoms with Crippen LogP contribution in [-0.4, -0.2) is 30.7 Å². The van der Waals surface area contributed by atoms with Crippen molar-refractivity contribution in [2.45, 2.75) is 56.5 Å². The fourth-order valence-electron chi connectivity index (χ4n) is 5.50. The van der Waals surface area contributed by atoms with Crippen molar-refractivity contribution in [1.82, 2.24) is 16.0 Å². The van der Waals surface area contributed by atoms with Crippen LogP contribution in [0.3, 0.4) is 0 Å². The number of carbonyl (C=O) groups is 1. The summed E-state index contributed by atoms with van der Waals surface area (Å²) in [4.78, 5) is 12.2. The van der Waals surface area contributed by atoms with Crippen LogP contribution in [0.5, 0.6) is 0 Å². The van der Waals surface area contributed by atoms with Gasteiger partial charge in [-0.1, -0.05) is 0 Å². The van der Waals surface area contributed by atoms with Crippen molar-refractivity contribution in [2.75, 3.05) is 13.1 Å². The lowest BCUT2D eigenvalue weighted by Crippen LogP contribution is -2.62. The smallest absolute Gasteiger partial charge is 0.315 e. The van der Waals surface area contributed by atoms with Crippen LogP contribution >= 0.6 is 0 Å². The van der Waals surface area contributed by atoms with Crippen molar-refractivity contribution >= 4 is 6.03 Å². The van der Waals surface area contributed by atoms with Crippen LogP contribution in [0.1, 0.15) is 44.9 Å². The molecule has 3 N–H and O–H groups in total. The van der Waals surface area contributed by atoms with E-state index in [2.05, 4.69) is 16.0 Å². The van der Waals surface area contributed by atoms with Crippen LogP contribution in [0.4, 0.5) is 4.79 Å². The molecule has 4 aliphatic carbocycles.